The molecule has 0 heterocycles. The van der Waals surface area contributed by atoms with Crippen LogP contribution >= 0.6 is 11.6 Å². The SMILES string of the molecule is CCc1ccccc1N(CC(=O)N(Cc1ccc(Cl)cc1)C(CC)C(=O)NC(C)C)S(=O)(=O)c1ccccc1. The molecule has 0 bridgehead atoms. The number of para-hydroxylation sites is 1. The summed E-state index contributed by atoms with van der Waals surface area (Å²) in [5, 5.41) is 3.45. The largest absolute Gasteiger partial charge is 0.352 e. The third kappa shape index (κ3) is 7.61. The Labute approximate surface area is 236 Å². The summed E-state index contributed by atoms with van der Waals surface area (Å²) in [6.07, 6.45) is 0.933. The van der Waals surface area contributed by atoms with Crippen LogP contribution in [0.4, 0.5) is 5.69 Å². The summed E-state index contributed by atoms with van der Waals surface area (Å²) in [6, 6.07) is 21.3. The molecule has 3 aromatic carbocycles. The molecule has 0 aromatic heterocycles. The van der Waals surface area contributed by atoms with Gasteiger partial charge in [0.1, 0.15) is 12.6 Å². The van der Waals surface area contributed by atoms with E-state index in [-0.39, 0.29) is 23.4 Å². The minimum Gasteiger partial charge on any atom is -0.352 e. The molecule has 1 unspecified atom stereocenters. The van der Waals surface area contributed by atoms with Crippen LogP contribution in [0, 0.1) is 0 Å². The number of carbonyl (C=O) groups excluding carboxylic acids is 2. The number of rotatable bonds is 12. The van der Waals surface area contributed by atoms with Crippen LogP contribution in [0.2, 0.25) is 5.02 Å². The highest BCUT2D eigenvalue weighted by molar-refractivity contribution is 7.92. The highest BCUT2D eigenvalue weighted by atomic mass is 35.5. The molecule has 0 aliphatic rings. The van der Waals surface area contributed by atoms with Gasteiger partial charge in [0.15, 0.2) is 0 Å². The molecule has 0 radical (unpaired) electrons. The van der Waals surface area contributed by atoms with Crippen molar-refractivity contribution in [2.24, 2.45) is 0 Å². The highest BCUT2D eigenvalue weighted by Crippen LogP contribution is 2.28. The molecule has 0 fully saturated rings. The van der Waals surface area contributed by atoms with Gasteiger partial charge >= 0.3 is 0 Å². The van der Waals surface area contributed by atoms with Crippen molar-refractivity contribution >= 4 is 39.1 Å². The van der Waals surface area contributed by atoms with Gasteiger partial charge in [-0.3, -0.25) is 13.9 Å². The lowest BCUT2D eigenvalue weighted by molar-refractivity contribution is -0.140. The second-order valence-electron chi connectivity index (χ2n) is 9.54. The van der Waals surface area contributed by atoms with E-state index >= 15 is 0 Å². The molecular weight excluding hydrogens is 534 g/mol. The predicted octanol–water partition coefficient (Wildman–Crippen LogP) is 5.43. The molecule has 3 aromatic rings. The Bertz CT molecular complexity index is 1360. The maximum atomic E-state index is 14.1. The molecule has 0 aliphatic carbocycles. The number of carbonyl (C=O) groups is 2. The molecule has 39 heavy (non-hydrogen) atoms. The van der Waals surface area contributed by atoms with Crippen LogP contribution in [0.5, 0.6) is 0 Å². The number of nitrogens with zero attached hydrogens (tertiary/aromatic N) is 2. The number of aryl methyl sites for hydroxylation is 1. The Morgan fingerprint density at radius 3 is 2.10 bits per heavy atom. The van der Waals surface area contributed by atoms with E-state index in [4.69, 9.17) is 11.6 Å². The molecule has 0 saturated heterocycles. The molecule has 0 aliphatic heterocycles. The minimum atomic E-state index is -4.10. The summed E-state index contributed by atoms with van der Waals surface area (Å²) in [7, 11) is -4.10. The first-order chi connectivity index (χ1) is 18.6. The summed E-state index contributed by atoms with van der Waals surface area (Å²) in [5.41, 5.74) is 2.00. The van der Waals surface area contributed by atoms with Crippen molar-refractivity contribution < 1.29 is 18.0 Å². The van der Waals surface area contributed by atoms with Crippen molar-refractivity contribution in [3.8, 4) is 0 Å². The van der Waals surface area contributed by atoms with Crippen LogP contribution in [0.25, 0.3) is 0 Å². The Balaban J connectivity index is 2.08. The molecule has 2 amide bonds. The van der Waals surface area contributed by atoms with Crippen LogP contribution in [-0.2, 0) is 32.6 Å². The van der Waals surface area contributed by atoms with Gasteiger partial charge in [0.25, 0.3) is 10.0 Å². The summed E-state index contributed by atoms with van der Waals surface area (Å²) in [5.74, 6) is -0.776. The van der Waals surface area contributed by atoms with Crippen molar-refractivity contribution in [2.45, 2.75) is 64.1 Å². The highest BCUT2D eigenvalue weighted by Gasteiger charge is 2.34. The van der Waals surface area contributed by atoms with Crippen LogP contribution in [-0.4, -0.2) is 43.8 Å². The lowest BCUT2D eigenvalue weighted by Crippen LogP contribution is -2.53. The van der Waals surface area contributed by atoms with Crippen molar-refractivity contribution in [1.29, 1.82) is 0 Å². The fourth-order valence-corrected chi connectivity index (χ4v) is 5.97. The number of hydrogen-bond acceptors (Lipinski definition) is 4. The van der Waals surface area contributed by atoms with Crippen LogP contribution < -0.4 is 9.62 Å². The molecule has 208 valence electrons. The second kappa shape index (κ2) is 13.6. The molecule has 1 atom stereocenters. The maximum absolute atomic E-state index is 14.1. The monoisotopic (exact) mass is 569 g/mol. The number of hydrogen-bond donors (Lipinski definition) is 1. The quantitative estimate of drug-likeness (QED) is 0.315. The summed E-state index contributed by atoms with van der Waals surface area (Å²) in [4.78, 5) is 28.8. The lowest BCUT2D eigenvalue weighted by Gasteiger charge is -2.34. The third-order valence-electron chi connectivity index (χ3n) is 6.33. The van der Waals surface area contributed by atoms with E-state index < -0.39 is 28.5 Å². The predicted molar refractivity (Wildman–Crippen MR) is 156 cm³/mol. The van der Waals surface area contributed by atoms with Crippen LogP contribution in [0.15, 0.2) is 83.8 Å². The molecule has 7 nitrogen and oxygen atoms in total. The number of sulfonamides is 1. The van der Waals surface area contributed by atoms with Gasteiger partial charge in [0.05, 0.1) is 10.6 Å². The first-order valence-corrected chi connectivity index (χ1v) is 14.9. The van der Waals surface area contributed by atoms with Crippen molar-refractivity contribution in [2.75, 3.05) is 10.8 Å². The van der Waals surface area contributed by atoms with E-state index in [0.717, 1.165) is 15.4 Å². The minimum absolute atomic E-state index is 0.0811. The zero-order valence-electron chi connectivity index (χ0n) is 22.8. The van der Waals surface area contributed by atoms with Gasteiger partial charge in [-0.25, -0.2) is 8.42 Å². The average Bonchev–Trinajstić information content (AvgIpc) is 2.92. The fraction of sp³-hybridized carbons (Fsp3) is 0.333. The topological polar surface area (TPSA) is 86.8 Å². The fourth-order valence-electron chi connectivity index (χ4n) is 4.37. The van der Waals surface area contributed by atoms with E-state index in [0.29, 0.717) is 23.6 Å². The van der Waals surface area contributed by atoms with Crippen LogP contribution in [0.3, 0.4) is 0 Å². The Morgan fingerprint density at radius 1 is 0.897 bits per heavy atom. The van der Waals surface area contributed by atoms with Gasteiger partial charge in [-0.05, 0) is 68.1 Å². The number of benzene rings is 3. The lowest BCUT2D eigenvalue weighted by atomic mass is 10.1. The Morgan fingerprint density at radius 2 is 1.51 bits per heavy atom. The van der Waals surface area contributed by atoms with Gasteiger partial charge in [0, 0.05) is 17.6 Å². The Kier molecular flexibility index (Phi) is 10.5. The van der Waals surface area contributed by atoms with Crippen molar-refractivity contribution in [3.63, 3.8) is 0 Å². The zero-order chi connectivity index (χ0) is 28.6. The number of halogens is 1. The molecule has 3 rings (SSSR count). The van der Waals surface area contributed by atoms with Gasteiger partial charge in [-0.2, -0.15) is 0 Å². The average molecular weight is 570 g/mol. The number of nitrogens with one attached hydrogen (secondary N) is 1. The van der Waals surface area contributed by atoms with Gasteiger partial charge in [0.2, 0.25) is 11.8 Å². The Hall–Kier alpha value is -3.36. The molecular formula is C30H36ClN3O4S. The molecule has 0 spiro atoms. The first kappa shape index (κ1) is 30.2. The van der Waals surface area contributed by atoms with Crippen LogP contribution in [0.1, 0.15) is 45.2 Å². The smallest absolute Gasteiger partial charge is 0.264 e. The molecule has 1 N–H and O–H groups in total. The van der Waals surface area contributed by atoms with Gasteiger partial charge < -0.3 is 10.2 Å². The van der Waals surface area contributed by atoms with Crippen molar-refractivity contribution in [1.82, 2.24) is 10.2 Å². The summed E-state index contributed by atoms with van der Waals surface area (Å²) >= 11 is 6.06. The van der Waals surface area contributed by atoms with E-state index in [1.54, 1.807) is 54.6 Å². The summed E-state index contributed by atoms with van der Waals surface area (Å²) < 4.78 is 29.0. The number of anilines is 1. The van der Waals surface area contributed by atoms with E-state index in [9.17, 15) is 18.0 Å². The summed E-state index contributed by atoms with van der Waals surface area (Å²) in [6.45, 7) is 7.13. The van der Waals surface area contributed by atoms with Gasteiger partial charge in [-0.15, -0.1) is 0 Å². The zero-order valence-corrected chi connectivity index (χ0v) is 24.4. The number of amides is 2. The standard InChI is InChI=1S/C30H36ClN3O4S/c1-5-24-12-10-11-15-28(24)34(39(37,38)26-13-8-7-9-14-26)21-29(35)33(20-23-16-18-25(31)19-17-23)27(6-2)30(36)32-22(3)4/h7-19,22,27H,5-6,20-21H2,1-4H3,(H,32,36). The molecule has 9 heteroatoms. The van der Waals surface area contributed by atoms with Gasteiger partial charge in [-0.1, -0.05) is 74.0 Å². The van der Waals surface area contributed by atoms with Crippen molar-refractivity contribution in [3.05, 3.63) is 95.0 Å². The third-order valence-corrected chi connectivity index (χ3v) is 8.36. The normalized spacial score (nSPS) is 12.2. The van der Waals surface area contributed by atoms with E-state index in [2.05, 4.69) is 5.32 Å². The second-order valence-corrected chi connectivity index (χ2v) is 11.8. The van der Waals surface area contributed by atoms with E-state index in [1.165, 1.54) is 17.0 Å². The van der Waals surface area contributed by atoms with E-state index in [1.807, 2.05) is 39.8 Å². The maximum Gasteiger partial charge on any atom is 0.264 e. The first-order valence-electron chi connectivity index (χ1n) is 13.1. The molecule has 0 saturated carbocycles.